The molecular weight excluding hydrogens is 457 g/mol. The minimum absolute atomic E-state index is 0.218. The van der Waals surface area contributed by atoms with Crippen LogP contribution in [0.3, 0.4) is 0 Å². The Bertz CT molecular complexity index is 923. The molecule has 0 aliphatic heterocycles. The number of halogens is 1. The SMILES string of the molecule is CCCc1ccc(O)c(Sc2ccc(CCC(N)(CCC)COP(=O)(O)O)c(Cl)c2)c1. The van der Waals surface area contributed by atoms with Crippen LogP contribution in [0, 0.1) is 0 Å². The Labute approximate surface area is 193 Å². The predicted octanol–water partition coefficient (Wildman–Crippen LogP) is 5.69. The largest absolute Gasteiger partial charge is 0.507 e. The molecule has 2 rings (SSSR count). The van der Waals surface area contributed by atoms with Crippen molar-refractivity contribution in [3.8, 4) is 5.75 Å². The third-order valence-corrected chi connectivity index (χ3v) is 6.83. The summed E-state index contributed by atoms with van der Waals surface area (Å²) >= 11 is 7.95. The fraction of sp³-hybridized carbons (Fsp3) is 0.455. The van der Waals surface area contributed by atoms with Gasteiger partial charge in [0, 0.05) is 15.5 Å². The molecular formula is C22H31ClNO5PS. The molecule has 2 aromatic rings. The molecule has 0 aromatic heterocycles. The summed E-state index contributed by atoms with van der Waals surface area (Å²) in [6.07, 6.45) is 4.37. The van der Waals surface area contributed by atoms with Crippen LogP contribution in [0.2, 0.25) is 5.02 Å². The van der Waals surface area contributed by atoms with Crippen LogP contribution in [0.25, 0.3) is 0 Å². The van der Waals surface area contributed by atoms with Crippen molar-refractivity contribution in [3.05, 3.63) is 52.5 Å². The van der Waals surface area contributed by atoms with Gasteiger partial charge < -0.3 is 20.6 Å². The number of hydrogen-bond acceptors (Lipinski definition) is 5. The second-order valence-corrected chi connectivity index (χ2v) is 10.5. The average molecular weight is 488 g/mol. The van der Waals surface area contributed by atoms with Gasteiger partial charge in [-0.15, -0.1) is 0 Å². The van der Waals surface area contributed by atoms with Gasteiger partial charge in [-0.05, 0) is 61.1 Å². The van der Waals surface area contributed by atoms with Crippen LogP contribution in [0.4, 0.5) is 0 Å². The van der Waals surface area contributed by atoms with E-state index in [1.165, 1.54) is 17.3 Å². The minimum Gasteiger partial charge on any atom is -0.507 e. The lowest BCUT2D eigenvalue weighted by atomic mass is 9.89. The van der Waals surface area contributed by atoms with Gasteiger partial charge in [0.15, 0.2) is 0 Å². The third kappa shape index (κ3) is 8.78. The van der Waals surface area contributed by atoms with E-state index in [4.69, 9.17) is 27.1 Å². The first-order chi connectivity index (χ1) is 14.5. The Morgan fingerprint density at radius 1 is 1.10 bits per heavy atom. The smallest absolute Gasteiger partial charge is 0.469 e. The summed E-state index contributed by atoms with van der Waals surface area (Å²) in [5, 5.41) is 10.8. The molecule has 0 aliphatic rings. The molecule has 31 heavy (non-hydrogen) atoms. The molecule has 0 bridgehead atoms. The lowest BCUT2D eigenvalue weighted by Crippen LogP contribution is -2.44. The van der Waals surface area contributed by atoms with Crippen LogP contribution in [-0.2, 0) is 21.9 Å². The second kappa shape index (κ2) is 11.7. The van der Waals surface area contributed by atoms with Gasteiger partial charge in [-0.2, -0.15) is 0 Å². The summed E-state index contributed by atoms with van der Waals surface area (Å²) in [5.41, 5.74) is 7.59. The molecule has 0 saturated heterocycles. The maximum absolute atomic E-state index is 11.1. The van der Waals surface area contributed by atoms with E-state index in [2.05, 4.69) is 11.4 Å². The summed E-state index contributed by atoms with van der Waals surface area (Å²) in [6, 6.07) is 11.4. The molecule has 0 aliphatic carbocycles. The van der Waals surface area contributed by atoms with E-state index in [1.807, 2.05) is 37.3 Å². The third-order valence-electron chi connectivity index (χ3n) is 4.98. The molecule has 6 nitrogen and oxygen atoms in total. The lowest BCUT2D eigenvalue weighted by Gasteiger charge is -2.29. The van der Waals surface area contributed by atoms with Crippen molar-refractivity contribution in [2.24, 2.45) is 5.73 Å². The Hall–Kier alpha value is -1.05. The number of phosphoric acid groups is 1. The molecule has 5 N–H and O–H groups in total. The van der Waals surface area contributed by atoms with Crippen molar-refractivity contribution in [1.29, 1.82) is 0 Å². The molecule has 0 spiro atoms. The van der Waals surface area contributed by atoms with Gasteiger partial charge in [-0.3, -0.25) is 4.52 Å². The quantitative estimate of drug-likeness (QED) is 0.284. The first-order valence-corrected chi connectivity index (χ1v) is 13.0. The number of aromatic hydroxyl groups is 1. The Morgan fingerprint density at radius 3 is 2.45 bits per heavy atom. The van der Waals surface area contributed by atoms with E-state index in [0.29, 0.717) is 24.3 Å². The van der Waals surface area contributed by atoms with E-state index in [-0.39, 0.29) is 12.4 Å². The Balaban J connectivity index is 2.08. The number of aryl methyl sites for hydroxylation is 2. The van der Waals surface area contributed by atoms with Crippen molar-refractivity contribution in [3.63, 3.8) is 0 Å². The highest BCUT2D eigenvalue weighted by Gasteiger charge is 2.28. The van der Waals surface area contributed by atoms with E-state index in [1.54, 1.807) is 6.07 Å². The molecule has 1 atom stereocenters. The van der Waals surface area contributed by atoms with Gasteiger partial charge in [0.25, 0.3) is 0 Å². The van der Waals surface area contributed by atoms with Crippen LogP contribution in [0.5, 0.6) is 5.75 Å². The number of benzene rings is 2. The van der Waals surface area contributed by atoms with Gasteiger partial charge in [0.05, 0.1) is 11.5 Å². The maximum atomic E-state index is 11.1. The summed E-state index contributed by atoms with van der Waals surface area (Å²) in [5.74, 6) is 0.239. The zero-order valence-electron chi connectivity index (χ0n) is 17.9. The van der Waals surface area contributed by atoms with Crippen LogP contribution in [0.15, 0.2) is 46.2 Å². The molecule has 1 unspecified atom stereocenters. The first-order valence-electron chi connectivity index (χ1n) is 10.3. The summed E-state index contributed by atoms with van der Waals surface area (Å²) < 4.78 is 15.7. The Kier molecular flexibility index (Phi) is 9.90. The van der Waals surface area contributed by atoms with E-state index >= 15 is 0 Å². The number of phenols is 1. The van der Waals surface area contributed by atoms with E-state index < -0.39 is 13.4 Å². The van der Waals surface area contributed by atoms with Gasteiger partial charge >= 0.3 is 7.82 Å². The van der Waals surface area contributed by atoms with Crippen molar-refractivity contribution in [1.82, 2.24) is 0 Å². The van der Waals surface area contributed by atoms with Crippen molar-refractivity contribution >= 4 is 31.2 Å². The van der Waals surface area contributed by atoms with Gasteiger partial charge in [-0.25, -0.2) is 4.57 Å². The van der Waals surface area contributed by atoms with Crippen molar-refractivity contribution in [2.75, 3.05) is 6.61 Å². The monoisotopic (exact) mass is 487 g/mol. The average Bonchev–Trinajstić information content (AvgIpc) is 2.68. The number of phosphoric ester groups is 1. The molecule has 0 fully saturated rings. The molecule has 2 aromatic carbocycles. The molecule has 0 radical (unpaired) electrons. The highest BCUT2D eigenvalue weighted by atomic mass is 35.5. The fourth-order valence-electron chi connectivity index (χ4n) is 3.37. The van der Waals surface area contributed by atoms with E-state index in [9.17, 15) is 9.67 Å². The van der Waals surface area contributed by atoms with Crippen LogP contribution >= 0.6 is 31.2 Å². The summed E-state index contributed by atoms with van der Waals surface area (Å²) in [7, 11) is -4.57. The lowest BCUT2D eigenvalue weighted by molar-refractivity contribution is 0.141. The topological polar surface area (TPSA) is 113 Å². The zero-order chi connectivity index (χ0) is 23.1. The number of nitrogens with two attached hydrogens (primary N) is 1. The second-order valence-electron chi connectivity index (χ2n) is 7.78. The summed E-state index contributed by atoms with van der Waals surface area (Å²) in [6.45, 7) is 3.86. The highest BCUT2D eigenvalue weighted by Crippen LogP contribution is 2.39. The minimum atomic E-state index is -4.57. The molecule has 172 valence electrons. The van der Waals surface area contributed by atoms with Gasteiger partial charge in [0.2, 0.25) is 0 Å². The highest BCUT2D eigenvalue weighted by molar-refractivity contribution is 7.99. The van der Waals surface area contributed by atoms with Gasteiger partial charge in [0.1, 0.15) is 5.75 Å². The van der Waals surface area contributed by atoms with Crippen LogP contribution < -0.4 is 5.73 Å². The Morgan fingerprint density at radius 2 is 1.84 bits per heavy atom. The fourth-order valence-corrected chi connectivity index (χ4v) is 5.08. The molecule has 0 heterocycles. The van der Waals surface area contributed by atoms with Crippen molar-refractivity contribution in [2.45, 2.75) is 67.7 Å². The predicted molar refractivity (Wildman–Crippen MR) is 126 cm³/mol. The number of phenolic OH excluding ortho intramolecular Hbond substituents is 1. The summed E-state index contributed by atoms with van der Waals surface area (Å²) in [4.78, 5) is 19.7. The normalized spacial score (nSPS) is 13.9. The standard InChI is InChI=1S/C22H31ClNO5PS/c1-3-5-16-6-9-20(25)21(13-16)31-18-8-7-17(19(23)14-18)10-12-22(24,11-4-2)15-29-30(26,27)28/h6-9,13-14,25H,3-5,10-12,15,24H2,1-2H3,(H2,26,27,28). The van der Waals surface area contributed by atoms with Crippen molar-refractivity contribution < 1.29 is 24.0 Å². The first kappa shape index (κ1) is 26.2. The van der Waals surface area contributed by atoms with Crippen LogP contribution in [-0.4, -0.2) is 27.0 Å². The van der Waals surface area contributed by atoms with Crippen LogP contribution in [0.1, 0.15) is 50.7 Å². The molecule has 9 heteroatoms. The molecule has 0 amide bonds. The molecule has 0 saturated carbocycles. The zero-order valence-corrected chi connectivity index (χ0v) is 20.3. The number of rotatable bonds is 12. The number of hydrogen-bond donors (Lipinski definition) is 4. The maximum Gasteiger partial charge on any atom is 0.469 e. The van der Waals surface area contributed by atoms with Gasteiger partial charge in [-0.1, -0.05) is 62.2 Å². The van der Waals surface area contributed by atoms with E-state index in [0.717, 1.165) is 34.6 Å².